The van der Waals surface area contributed by atoms with Crippen LogP contribution in [0.2, 0.25) is 0 Å². The molecule has 0 saturated heterocycles. The zero-order chi connectivity index (χ0) is 14.0. The molecule has 1 saturated carbocycles. The average molecular weight is 269 g/mol. The molecule has 19 heavy (non-hydrogen) atoms. The van der Waals surface area contributed by atoms with Crippen LogP contribution in [0.1, 0.15) is 44.2 Å². The van der Waals surface area contributed by atoms with Gasteiger partial charge in [-0.1, -0.05) is 31.9 Å². The Labute approximate surface area is 112 Å². The van der Waals surface area contributed by atoms with Crippen LogP contribution < -0.4 is 5.73 Å². The first-order chi connectivity index (χ1) is 9.00. The van der Waals surface area contributed by atoms with E-state index in [1.165, 1.54) is 6.07 Å². The highest BCUT2D eigenvalue weighted by Crippen LogP contribution is 2.42. The van der Waals surface area contributed by atoms with Gasteiger partial charge in [0.25, 0.3) is 0 Å². The van der Waals surface area contributed by atoms with E-state index in [0.717, 1.165) is 31.7 Å². The smallest absolute Gasteiger partial charge is 0.163 e. The third kappa shape index (κ3) is 2.65. The van der Waals surface area contributed by atoms with Crippen LogP contribution >= 0.6 is 0 Å². The highest BCUT2D eigenvalue weighted by Gasteiger charge is 2.42. The minimum atomic E-state index is -0.858. The van der Waals surface area contributed by atoms with E-state index >= 15 is 0 Å². The Morgan fingerprint density at radius 2 is 2.16 bits per heavy atom. The van der Waals surface area contributed by atoms with E-state index in [1.807, 2.05) is 0 Å². The summed E-state index contributed by atoms with van der Waals surface area (Å²) in [5, 5.41) is 0. The Morgan fingerprint density at radius 1 is 1.42 bits per heavy atom. The normalized spacial score (nSPS) is 29.2. The maximum absolute atomic E-state index is 13.9. The zero-order valence-corrected chi connectivity index (χ0v) is 11.5. The first-order valence-electron chi connectivity index (χ1n) is 6.75. The Morgan fingerprint density at radius 3 is 2.79 bits per heavy atom. The minimum Gasteiger partial charge on any atom is -0.376 e. The number of benzene rings is 1. The summed E-state index contributed by atoms with van der Waals surface area (Å²) in [7, 11) is 1.61. The van der Waals surface area contributed by atoms with Crippen LogP contribution in [-0.2, 0) is 4.74 Å². The molecule has 1 aromatic rings. The fourth-order valence-electron chi connectivity index (χ4n) is 3.18. The van der Waals surface area contributed by atoms with Crippen LogP contribution in [0.25, 0.3) is 0 Å². The van der Waals surface area contributed by atoms with Crippen LogP contribution in [0.15, 0.2) is 18.2 Å². The number of methoxy groups -OCH3 is 1. The maximum atomic E-state index is 13.9. The molecule has 1 aliphatic carbocycles. The summed E-state index contributed by atoms with van der Waals surface area (Å²) in [6.07, 6.45) is 3.69. The second-order valence-electron chi connectivity index (χ2n) is 5.59. The van der Waals surface area contributed by atoms with Gasteiger partial charge < -0.3 is 10.5 Å². The molecule has 4 heteroatoms. The quantitative estimate of drug-likeness (QED) is 0.910. The molecule has 2 N–H and O–H groups in total. The lowest BCUT2D eigenvalue weighted by molar-refractivity contribution is -0.0725. The van der Waals surface area contributed by atoms with Crippen LogP contribution in [0.4, 0.5) is 8.78 Å². The van der Waals surface area contributed by atoms with E-state index in [0.29, 0.717) is 5.92 Å². The van der Waals surface area contributed by atoms with Gasteiger partial charge in [0.15, 0.2) is 11.6 Å². The molecule has 0 spiro atoms. The van der Waals surface area contributed by atoms with E-state index < -0.39 is 23.3 Å². The molecule has 106 valence electrons. The van der Waals surface area contributed by atoms with Gasteiger partial charge in [0.05, 0.1) is 11.6 Å². The SMILES string of the molecule is COC1(C(N)c2cccc(F)c2F)CCCC(C)C1. The van der Waals surface area contributed by atoms with Gasteiger partial charge in [-0.2, -0.15) is 0 Å². The van der Waals surface area contributed by atoms with Crippen molar-refractivity contribution in [2.24, 2.45) is 11.7 Å². The third-order valence-electron chi connectivity index (χ3n) is 4.28. The second-order valence-corrected chi connectivity index (χ2v) is 5.59. The lowest BCUT2D eigenvalue weighted by Crippen LogP contribution is -2.46. The van der Waals surface area contributed by atoms with Crippen LogP contribution in [-0.4, -0.2) is 12.7 Å². The van der Waals surface area contributed by atoms with Gasteiger partial charge >= 0.3 is 0 Å². The van der Waals surface area contributed by atoms with E-state index in [2.05, 4.69) is 6.92 Å². The zero-order valence-electron chi connectivity index (χ0n) is 11.5. The largest absolute Gasteiger partial charge is 0.376 e. The number of hydrogen-bond acceptors (Lipinski definition) is 2. The van der Waals surface area contributed by atoms with Gasteiger partial charge in [0.2, 0.25) is 0 Å². The Kier molecular flexibility index (Phi) is 4.21. The molecule has 0 bridgehead atoms. The van der Waals surface area contributed by atoms with Gasteiger partial charge in [-0.05, 0) is 24.8 Å². The van der Waals surface area contributed by atoms with Crippen molar-refractivity contribution < 1.29 is 13.5 Å². The molecule has 0 aliphatic heterocycles. The molecule has 3 atom stereocenters. The number of rotatable bonds is 3. The van der Waals surface area contributed by atoms with Crippen molar-refractivity contribution in [1.29, 1.82) is 0 Å². The van der Waals surface area contributed by atoms with Crippen LogP contribution in [0.5, 0.6) is 0 Å². The van der Waals surface area contributed by atoms with Gasteiger partial charge in [-0.25, -0.2) is 8.78 Å². The van der Waals surface area contributed by atoms with Crippen molar-refractivity contribution in [1.82, 2.24) is 0 Å². The van der Waals surface area contributed by atoms with E-state index in [9.17, 15) is 8.78 Å². The predicted octanol–water partition coefficient (Wildman–Crippen LogP) is 3.56. The van der Waals surface area contributed by atoms with Crippen LogP contribution in [0.3, 0.4) is 0 Å². The molecule has 0 amide bonds. The highest BCUT2D eigenvalue weighted by molar-refractivity contribution is 5.25. The van der Waals surface area contributed by atoms with E-state index in [-0.39, 0.29) is 5.56 Å². The lowest BCUT2D eigenvalue weighted by Gasteiger charge is -2.43. The van der Waals surface area contributed by atoms with Crippen molar-refractivity contribution in [3.63, 3.8) is 0 Å². The molecule has 0 aromatic heterocycles. The summed E-state index contributed by atoms with van der Waals surface area (Å²) in [4.78, 5) is 0. The standard InChI is InChI=1S/C15H21F2NO/c1-10-5-4-8-15(9-10,19-2)14(18)11-6-3-7-12(16)13(11)17/h3,6-7,10,14H,4-5,8-9,18H2,1-2H3. The molecule has 2 rings (SSSR count). The molecular formula is C15H21F2NO. The molecule has 1 aromatic carbocycles. The van der Waals surface area contributed by atoms with Crippen LogP contribution in [0, 0.1) is 17.6 Å². The third-order valence-corrected chi connectivity index (χ3v) is 4.28. The molecule has 2 nitrogen and oxygen atoms in total. The number of ether oxygens (including phenoxy) is 1. The summed E-state index contributed by atoms with van der Waals surface area (Å²) >= 11 is 0. The van der Waals surface area contributed by atoms with Gasteiger partial charge in [0.1, 0.15) is 0 Å². The Hall–Kier alpha value is -1.00. The molecular weight excluding hydrogens is 248 g/mol. The molecule has 1 aliphatic rings. The number of halogens is 2. The number of nitrogens with two attached hydrogens (primary N) is 1. The fraction of sp³-hybridized carbons (Fsp3) is 0.600. The summed E-state index contributed by atoms with van der Waals surface area (Å²) in [6.45, 7) is 2.14. The molecule has 0 radical (unpaired) electrons. The Bertz CT molecular complexity index is 452. The minimum absolute atomic E-state index is 0.205. The van der Waals surface area contributed by atoms with Crippen molar-refractivity contribution in [3.05, 3.63) is 35.4 Å². The first kappa shape index (κ1) is 14.4. The van der Waals surface area contributed by atoms with Gasteiger partial charge in [-0.3, -0.25) is 0 Å². The summed E-state index contributed by atoms with van der Waals surface area (Å²) in [5.41, 5.74) is 5.83. The predicted molar refractivity (Wildman–Crippen MR) is 70.7 cm³/mol. The van der Waals surface area contributed by atoms with Gasteiger partial charge in [-0.15, -0.1) is 0 Å². The second kappa shape index (κ2) is 5.55. The summed E-state index contributed by atoms with van der Waals surface area (Å²) < 4.78 is 32.9. The fourth-order valence-corrected chi connectivity index (χ4v) is 3.18. The topological polar surface area (TPSA) is 35.2 Å². The maximum Gasteiger partial charge on any atom is 0.163 e. The molecule has 3 unspecified atom stereocenters. The summed E-state index contributed by atoms with van der Waals surface area (Å²) in [6, 6.07) is 3.50. The summed E-state index contributed by atoms with van der Waals surface area (Å²) in [5.74, 6) is -1.23. The van der Waals surface area contributed by atoms with Crippen molar-refractivity contribution in [2.75, 3.05) is 7.11 Å². The van der Waals surface area contributed by atoms with E-state index in [1.54, 1.807) is 13.2 Å². The van der Waals surface area contributed by atoms with Crippen molar-refractivity contribution >= 4 is 0 Å². The van der Waals surface area contributed by atoms with E-state index in [4.69, 9.17) is 10.5 Å². The molecule has 0 heterocycles. The number of hydrogen-bond donors (Lipinski definition) is 1. The monoisotopic (exact) mass is 269 g/mol. The highest BCUT2D eigenvalue weighted by atomic mass is 19.2. The van der Waals surface area contributed by atoms with Gasteiger partial charge in [0, 0.05) is 12.7 Å². The van der Waals surface area contributed by atoms with Crippen molar-refractivity contribution in [2.45, 2.75) is 44.2 Å². The Balaban J connectivity index is 2.35. The van der Waals surface area contributed by atoms with Crippen molar-refractivity contribution in [3.8, 4) is 0 Å². The molecule has 1 fully saturated rings. The average Bonchev–Trinajstić information content (AvgIpc) is 2.41. The lowest BCUT2D eigenvalue weighted by atomic mass is 9.73. The first-order valence-corrected chi connectivity index (χ1v) is 6.75.